The number of hydrogen-bond donors (Lipinski definition) is 0. The lowest BCUT2D eigenvalue weighted by Crippen LogP contribution is -2.02. The van der Waals surface area contributed by atoms with Crippen LogP contribution in [-0.4, -0.2) is 14.2 Å². The third-order valence-corrected chi connectivity index (χ3v) is 4.29. The molecule has 0 saturated carbocycles. The third kappa shape index (κ3) is 2.43. The molecule has 3 aromatic carbocycles. The van der Waals surface area contributed by atoms with Gasteiger partial charge in [0, 0.05) is 6.07 Å². The van der Waals surface area contributed by atoms with Crippen LogP contribution >= 0.6 is 0 Å². The van der Waals surface area contributed by atoms with Crippen LogP contribution in [0.2, 0.25) is 0 Å². The van der Waals surface area contributed by atoms with Gasteiger partial charge in [0.05, 0.1) is 25.2 Å². The van der Waals surface area contributed by atoms with Crippen molar-refractivity contribution in [2.45, 2.75) is 0 Å². The predicted molar refractivity (Wildman–Crippen MR) is 98.5 cm³/mol. The van der Waals surface area contributed by atoms with E-state index in [1.165, 1.54) is 6.07 Å². The Kier molecular flexibility index (Phi) is 3.65. The van der Waals surface area contributed by atoms with Gasteiger partial charge in [-0.2, -0.15) is 0 Å². The van der Waals surface area contributed by atoms with Crippen LogP contribution in [0.1, 0.15) is 0 Å². The number of methoxy groups -OCH3 is 2. The van der Waals surface area contributed by atoms with Crippen LogP contribution in [0.25, 0.3) is 33.1 Å². The lowest BCUT2D eigenvalue weighted by molar-refractivity contribution is 0.355. The molecule has 124 valence electrons. The first-order chi connectivity index (χ1) is 12.2. The minimum absolute atomic E-state index is 0.0853. The minimum atomic E-state index is -0.0853. The molecule has 1 heterocycles. The van der Waals surface area contributed by atoms with E-state index in [0.29, 0.717) is 33.8 Å². The van der Waals surface area contributed by atoms with Crippen LogP contribution in [-0.2, 0) is 0 Å². The molecule has 0 radical (unpaired) electrons. The molecule has 0 amide bonds. The average Bonchev–Trinajstić information content (AvgIpc) is 2.66. The van der Waals surface area contributed by atoms with E-state index in [1.54, 1.807) is 20.3 Å². The summed E-state index contributed by atoms with van der Waals surface area (Å²) in [6.45, 7) is 0. The normalized spacial score (nSPS) is 11.0. The molecule has 0 aliphatic carbocycles. The van der Waals surface area contributed by atoms with Gasteiger partial charge >= 0.3 is 0 Å². The van der Waals surface area contributed by atoms with Crippen LogP contribution < -0.4 is 14.9 Å². The van der Waals surface area contributed by atoms with Gasteiger partial charge in [0.2, 0.25) is 0 Å². The predicted octanol–water partition coefficient (Wildman–Crippen LogP) is 4.63. The van der Waals surface area contributed by atoms with Crippen molar-refractivity contribution in [3.8, 4) is 22.8 Å². The maximum Gasteiger partial charge on any atom is 0.193 e. The maximum absolute atomic E-state index is 12.8. The van der Waals surface area contributed by atoms with Crippen molar-refractivity contribution >= 4 is 21.7 Å². The zero-order valence-corrected chi connectivity index (χ0v) is 13.9. The molecular formula is C21H16O4. The van der Waals surface area contributed by atoms with Gasteiger partial charge in [-0.25, -0.2) is 0 Å². The Labute approximate surface area is 144 Å². The summed E-state index contributed by atoms with van der Waals surface area (Å²) in [6, 6.07) is 18.5. The average molecular weight is 332 g/mol. The van der Waals surface area contributed by atoms with Gasteiger partial charge in [0.1, 0.15) is 11.3 Å². The molecule has 0 aliphatic rings. The lowest BCUT2D eigenvalue weighted by atomic mass is 10.0. The zero-order chi connectivity index (χ0) is 17.4. The van der Waals surface area contributed by atoms with Crippen LogP contribution in [0.5, 0.6) is 11.5 Å². The van der Waals surface area contributed by atoms with Crippen molar-refractivity contribution in [3.63, 3.8) is 0 Å². The Morgan fingerprint density at radius 1 is 0.880 bits per heavy atom. The SMILES string of the molecule is COc1cccc(-c2cc(=O)c3c(ccc4ccccc43)o2)c1OC. The van der Waals surface area contributed by atoms with Gasteiger partial charge in [-0.3, -0.25) is 4.79 Å². The number of para-hydroxylation sites is 1. The molecule has 0 saturated heterocycles. The minimum Gasteiger partial charge on any atom is -0.493 e. The monoisotopic (exact) mass is 332 g/mol. The number of fused-ring (bicyclic) bond motifs is 3. The summed E-state index contributed by atoms with van der Waals surface area (Å²) in [5.41, 5.74) is 1.14. The van der Waals surface area contributed by atoms with Gasteiger partial charge in [0.15, 0.2) is 16.9 Å². The lowest BCUT2D eigenvalue weighted by Gasteiger charge is -2.12. The zero-order valence-electron chi connectivity index (χ0n) is 13.9. The standard InChI is InChI=1S/C21H16O4/c1-23-18-9-5-8-15(21(18)24-2)19-12-16(22)20-14-7-4-3-6-13(14)10-11-17(20)25-19/h3-12H,1-2H3. The smallest absolute Gasteiger partial charge is 0.193 e. The molecule has 0 aliphatic heterocycles. The van der Waals surface area contributed by atoms with E-state index in [1.807, 2.05) is 48.5 Å². The van der Waals surface area contributed by atoms with Crippen LogP contribution in [0, 0.1) is 0 Å². The first-order valence-corrected chi connectivity index (χ1v) is 7.90. The summed E-state index contributed by atoms with van der Waals surface area (Å²) < 4.78 is 16.8. The third-order valence-electron chi connectivity index (χ3n) is 4.29. The molecule has 0 spiro atoms. The first kappa shape index (κ1) is 15.3. The Morgan fingerprint density at radius 2 is 1.72 bits per heavy atom. The molecule has 0 fully saturated rings. The van der Waals surface area contributed by atoms with Gasteiger partial charge in [-0.15, -0.1) is 0 Å². The summed E-state index contributed by atoms with van der Waals surface area (Å²) in [6.07, 6.45) is 0. The van der Waals surface area contributed by atoms with Crippen molar-refractivity contribution in [3.05, 3.63) is 70.9 Å². The number of ether oxygens (including phenoxy) is 2. The Bertz CT molecular complexity index is 1140. The van der Waals surface area contributed by atoms with Gasteiger partial charge in [-0.05, 0) is 29.0 Å². The second-order valence-electron chi connectivity index (χ2n) is 5.68. The van der Waals surface area contributed by atoms with Crippen LogP contribution in [0.15, 0.2) is 69.9 Å². The summed E-state index contributed by atoms with van der Waals surface area (Å²) in [5.74, 6) is 1.57. The topological polar surface area (TPSA) is 48.7 Å². The Hall–Kier alpha value is -3.27. The summed E-state index contributed by atoms with van der Waals surface area (Å²) in [4.78, 5) is 12.8. The number of benzene rings is 3. The molecule has 1 aromatic heterocycles. The molecule has 0 bridgehead atoms. The fourth-order valence-electron chi connectivity index (χ4n) is 3.14. The molecule has 0 N–H and O–H groups in total. The first-order valence-electron chi connectivity index (χ1n) is 7.90. The fourth-order valence-corrected chi connectivity index (χ4v) is 3.14. The number of hydrogen-bond acceptors (Lipinski definition) is 4. The van der Waals surface area contributed by atoms with E-state index in [9.17, 15) is 4.79 Å². The summed E-state index contributed by atoms with van der Waals surface area (Å²) >= 11 is 0. The summed E-state index contributed by atoms with van der Waals surface area (Å²) in [7, 11) is 3.14. The molecule has 0 unspecified atom stereocenters. The maximum atomic E-state index is 12.8. The van der Waals surface area contributed by atoms with Gasteiger partial charge in [0.25, 0.3) is 0 Å². The second-order valence-corrected chi connectivity index (χ2v) is 5.68. The van der Waals surface area contributed by atoms with Crippen molar-refractivity contribution in [2.75, 3.05) is 14.2 Å². The van der Waals surface area contributed by atoms with E-state index >= 15 is 0 Å². The van der Waals surface area contributed by atoms with Crippen molar-refractivity contribution in [2.24, 2.45) is 0 Å². The Balaban J connectivity index is 2.03. The highest BCUT2D eigenvalue weighted by Crippen LogP contribution is 2.38. The molecule has 4 aromatic rings. The van der Waals surface area contributed by atoms with Gasteiger partial charge in [-0.1, -0.05) is 36.4 Å². The summed E-state index contributed by atoms with van der Waals surface area (Å²) in [5, 5.41) is 2.48. The molecule has 4 rings (SSSR count). The van der Waals surface area contributed by atoms with Crippen molar-refractivity contribution in [1.82, 2.24) is 0 Å². The highest BCUT2D eigenvalue weighted by Gasteiger charge is 2.16. The van der Waals surface area contributed by atoms with Crippen molar-refractivity contribution < 1.29 is 13.9 Å². The molecule has 25 heavy (non-hydrogen) atoms. The van der Waals surface area contributed by atoms with Crippen molar-refractivity contribution in [1.29, 1.82) is 0 Å². The highest BCUT2D eigenvalue weighted by atomic mass is 16.5. The second kappa shape index (κ2) is 5.98. The van der Waals surface area contributed by atoms with E-state index in [-0.39, 0.29) is 5.43 Å². The van der Waals surface area contributed by atoms with E-state index in [4.69, 9.17) is 13.9 Å². The molecular weight excluding hydrogens is 316 g/mol. The molecule has 0 atom stereocenters. The number of rotatable bonds is 3. The van der Waals surface area contributed by atoms with E-state index in [2.05, 4.69) is 0 Å². The molecule has 4 nitrogen and oxygen atoms in total. The largest absolute Gasteiger partial charge is 0.493 e. The van der Waals surface area contributed by atoms with E-state index in [0.717, 1.165) is 10.8 Å². The van der Waals surface area contributed by atoms with Crippen LogP contribution in [0.3, 0.4) is 0 Å². The van der Waals surface area contributed by atoms with Gasteiger partial charge < -0.3 is 13.9 Å². The Morgan fingerprint density at radius 3 is 2.52 bits per heavy atom. The molecule has 4 heteroatoms. The highest BCUT2D eigenvalue weighted by molar-refractivity contribution is 6.05. The fraction of sp³-hybridized carbons (Fsp3) is 0.0952. The quantitative estimate of drug-likeness (QED) is 0.513. The van der Waals surface area contributed by atoms with Crippen LogP contribution in [0.4, 0.5) is 0 Å². The van der Waals surface area contributed by atoms with E-state index < -0.39 is 0 Å².